The zero-order valence-corrected chi connectivity index (χ0v) is 9.58. The van der Waals surface area contributed by atoms with Gasteiger partial charge in [-0.2, -0.15) is 0 Å². The Labute approximate surface area is 102 Å². The predicted octanol–water partition coefficient (Wildman–Crippen LogP) is 1.33. The van der Waals surface area contributed by atoms with E-state index in [1.807, 2.05) is 0 Å². The first-order chi connectivity index (χ1) is 8.56. The Morgan fingerprint density at radius 1 is 1.44 bits per heavy atom. The second-order valence-electron chi connectivity index (χ2n) is 3.71. The molecule has 1 heterocycles. The average molecular weight is 250 g/mol. The summed E-state index contributed by atoms with van der Waals surface area (Å²) < 4.78 is 13.2. The number of amides is 1. The third kappa shape index (κ3) is 1.81. The van der Waals surface area contributed by atoms with Gasteiger partial charge in [-0.1, -0.05) is 0 Å². The minimum atomic E-state index is -0.841. The largest absolute Gasteiger partial charge is 0.504 e. The Kier molecular flexibility index (Phi) is 3.01. The van der Waals surface area contributed by atoms with Crippen molar-refractivity contribution >= 4 is 22.6 Å². The second-order valence-corrected chi connectivity index (χ2v) is 3.71. The zero-order valence-electron chi connectivity index (χ0n) is 9.58. The molecule has 0 saturated carbocycles. The Balaban J connectivity index is 2.55. The lowest BCUT2D eigenvalue weighted by atomic mass is 10.1. The monoisotopic (exact) mass is 250 g/mol. The molecule has 1 amide bonds. The fraction of sp³-hybridized carbons (Fsp3) is 0.167. The van der Waals surface area contributed by atoms with E-state index in [2.05, 4.69) is 10.3 Å². The number of aromatic hydroxyl groups is 1. The molecule has 0 aliphatic carbocycles. The molecule has 0 radical (unpaired) electrons. The van der Waals surface area contributed by atoms with Crippen LogP contribution in [0.25, 0.3) is 10.9 Å². The van der Waals surface area contributed by atoms with E-state index in [1.165, 1.54) is 12.3 Å². The van der Waals surface area contributed by atoms with Crippen LogP contribution >= 0.6 is 0 Å². The lowest BCUT2D eigenvalue weighted by Crippen LogP contribution is -2.30. The predicted molar refractivity (Wildman–Crippen MR) is 62.9 cm³/mol. The van der Waals surface area contributed by atoms with Crippen molar-refractivity contribution in [3.8, 4) is 5.75 Å². The van der Waals surface area contributed by atoms with Gasteiger partial charge in [0.05, 0.1) is 16.5 Å². The summed E-state index contributed by atoms with van der Waals surface area (Å²) in [6, 6.07) is 2.47. The number of aromatic nitrogens is 1. The molecule has 2 aromatic rings. The van der Waals surface area contributed by atoms with Gasteiger partial charge < -0.3 is 15.4 Å². The van der Waals surface area contributed by atoms with Crippen LogP contribution in [0.2, 0.25) is 0 Å². The molecule has 0 unspecified atom stereocenters. The highest BCUT2D eigenvalue weighted by molar-refractivity contribution is 6.45. The maximum Gasteiger partial charge on any atom is 0.292 e. The summed E-state index contributed by atoms with van der Waals surface area (Å²) in [5.74, 6) is -3.08. The Hall–Kier alpha value is -2.37. The Morgan fingerprint density at radius 2 is 2.17 bits per heavy atom. The molecule has 0 saturated heterocycles. The molecule has 0 spiro atoms. The van der Waals surface area contributed by atoms with Crippen LogP contribution in [0, 0.1) is 5.82 Å². The van der Waals surface area contributed by atoms with E-state index in [0.717, 1.165) is 6.07 Å². The fourth-order valence-corrected chi connectivity index (χ4v) is 1.72. The van der Waals surface area contributed by atoms with Crippen LogP contribution in [0.3, 0.4) is 0 Å². The van der Waals surface area contributed by atoms with E-state index in [-0.39, 0.29) is 10.9 Å². The van der Waals surface area contributed by atoms with Crippen LogP contribution in [0.1, 0.15) is 17.3 Å². The number of phenolic OH excluding ortho intramolecular Hbond substituents is 1. The zero-order chi connectivity index (χ0) is 13.3. The highest BCUT2D eigenvalue weighted by Crippen LogP contribution is 2.30. The molecule has 3 N–H and O–H groups in total. The standard InChI is InChI=1S/C12H11FN2O3/c1-2-14-12(18)10(16)6-5-15-8-4-3-7(13)11(17)9(6)8/h3-5,15,17H,2H2,1H3,(H,14,18). The first-order valence-electron chi connectivity index (χ1n) is 5.37. The van der Waals surface area contributed by atoms with Gasteiger partial charge in [0.25, 0.3) is 11.7 Å². The van der Waals surface area contributed by atoms with E-state index in [0.29, 0.717) is 12.1 Å². The molecule has 1 aromatic heterocycles. The SMILES string of the molecule is CCNC(=O)C(=O)c1c[nH]c2ccc(F)c(O)c12. The van der Waals surface area contributed by atoms with Crippen molar-refractivity contribution in [3.63, 3.8) is 0 Å². The van der Waals surface area contributed by atoms with Gasteiger partial charge in [0, 0.05) is 12.7 Å². The minimum absolute atomic E-state index is 0.0197. The number of likely N-dealkylation sites (N-methyl/N-ethyl adjacent to an activating group) is 1. The number of carbonyl (C=O) groups is 2. The number of benzene rings is 1. The van der Waals surface area contributed by atoms with Crippen LogP contribution in [0.5, 0.6) is 5.75 Å². The molecular formula is C12H11FN2O3. The number of fused-ring (bicyclic) bond motifs is 1. The number of phenols is 1. The normalized spacial score (nSPS) is 10.6. The van der Waals surface area contributed by atoms with E-state index >= 15 is 0 Å². The molecule has 0 aliphatic heterocycles. The lowest BCUT2D eigenvalue weighted by molar-refractivity contribution is -0.116. The summed E-state index contributed by atoms with van der Waals surface area (Å²) in [5.41, 5.74) is 0.342. The number of hydrogen-bond donors (Lipinski definition) is 3. The van der Waals surface area contributed by atoms with Crippen LogP contribution in [0.15, 0.2) is 18.3 Å². The first-order valence-corrected chi connectivity index (χ1v) is 5.37. The summed E-state index contributed by atoms with van der Waals surface area (Å²) in [7, 11) is 0. The van der Waals surface area contributed by atoms with Gasteiger partial charge in [-0.15, -0.1) is 0 Å². The summed E-state index contributed by atoms with van der Waals surface area (Å²) in [4.78, 5) is 25.9. The molecule has 94 valence electrons. The molecule has 6 heteroatoms. The third-order valence-electron chi connectivity index (χ3n) is 2.56. The van der Waals surface area contributed by atoms with Gasteiger partial charge in [0.1, 0.15) is 0 Å². The van der Waals surface area contributed by atoms with Gasteiger partial charge in [0.2, 0.25) is 0 Å². The van der Waals surface area contributed by atoms with Gasteiger partial charge in [-0.25, -0.2) is 4.39 Å². The number of nitrogens with one attached hydrogen (secondary N) is 2. The van der Waals surface area contributed by atoms with Crippen molar-refractivity contribution in [2.75, 3.05) is 6.54 Å². The van der Waals surface area contributed by atoms with Crippen molar-refractivity contribution in [2.45, 2.75) is 6.92 Å². The first kappa shape index (κ1) is 12.1. The number of ketones is 1. The number of Topliss-reactive ketones (excluding diaryl/α,β-unsaturated/α-hetero) is 1. The number of hydrogen-bond acceptors (Lipinski definition) is 3. The number of halogens is 1. The molecule has 1 aromatic carbocycles. The molecule has 18 heavy (non-hydrogen) atoms. The van der Waals surface area contributed by atoms with Crippen molar-refractivity contribution in [2.24, 2.45) is 0 Å². The smallest absolute Gasteiger partial charge is 0.292 e. The lowest BCUT2D eigenvalue weighted by Gasteiger charge is -2.02. The topological polar surface area (TPSA) is 82.2 Å². The average Bonchev–Trinajstić information content (AvgIpc) is 2.77. The number of H-pyrrole nitrogens is 1. The van der Waals surface area contributed by atoms with Crippen LogP contribution in [0.4, 0.5) is 4.39 Å². The van der Waals surface area contributed by atoms with Crippen LogP contribution in [-0.4, -0.2) is 28.3 Å². The summed E-state index contributed by atoms with van der Waals surface area (Å²) in [6.45, 7) is 1.99. The van der Waals surface area contributed by atoms with Gasteiger partial charge in [-0.05, 0) is 19.1 Å². The van der Waals surface area contributed by atoms with Crippen LogP contribution in [-0.2, 0) is 4.79 Å². The van der Waals surface area contributed by atoms with Crippen molar-refractivity contribution in [3.05, 3.63) is 29.7 Å². The maximum atomic E-state index is 13.2. The van der Waals surface area contributed by atoms with Gasteiger partial charge in [0.15, 0.2) is 11.6 Å². The molecular weight excluding hydrogens is 239 g/mol. The molecule has 0 fully saturated rings. The maximum absolute atomic E-state index is 13.2. The fourth-order valence-electron chi connectivity index (χ4n) is 1.72. The van der Waals surface area contributed by atoms with Crippen molar-refractivity contribution in [1.82, 2.24) is 10.3 Å². The molecule has 0 bridgehead atoms. The third-order valence-corrected chi connectivity index (χ3v) is 2.56. The van der Waals surface area contributed by atoms with Crippen molar-refractivity contribution in [1.29, 1.82) is 0 Å². The Morgan fingerprint density at radius 3 is 2.83 bits per heavy atom. The molecule has 0 atom stereocenters. The highest BCUT2D eigenvalue weighted by atomic mass is 19.1. The van der Waals surface area contributed by atoms with Gasteiger partial charge >= 0.3 is 0 Å². The molecule has 2 rings (SSSR count). The summed E-state index contributed by atoms with van der Waals surface area (Å²) >= 11 is 0. The van der Waals surface area contributed by atoms with Gasteiger partial charge in [-0.3, -0.25) is 9.59 Å². The van der Waals surface area contributed by atoms with E-state index in [9.17, 15) is 19.1 Å². The molecule has 0 aliphatic rings. The highest BCUT2D eigenvalue weighted by Gasteiger charge is 2.22. The van der Waals surface area contributed by atoms with Crippen LogP contribution < -0.4 is 5.32 Å². The minimum Gasteiger partial charge on any atom is -0.504 e. The number of rotatable bonds is 3. The Bertz CT molecular complexity index is 634. The summed E-state index contributed by atoms with van der Waals surface area (Å²) in [5, 5.41) is 12.0. The van der Waals surface area contributed by atoms with E-state index in [4.69, 9.17) is 0 Å². The number of aromatic amines is 1. The van der Waals surface area contributed by atoms with Crippen molar-refractivity contribution < 1.29 is 19.1 Å². The summed E-state index contributed by atoms with van der Waals surface area (Å²) in [6.07, 6.45) is 1.28. The number of carbonyl (C=O) groups excluding carboxylic acids is 2. The molecule has 5 nitrogen and oxygen atoms in total. The quantitative estimate of drug-likeness (QED) is 0.567. The van der Waals surface area contributed by atoms with E-state index < -0.39 is 23.3 Å². The van der Waals surface area contributed by atoms with E-state index in [1.54, 1.807) is 6.92 Å². The second kappa shape index (κ2) is 4.48.